The highest BCUT2D eigenvalue weighted by Crippen LogP contribution is 2.34. The molecule has 106 valence electrons. The molecule has 1 atom stereocenters. The number of hydrogen-bond donors (Lipinski definition) is 0. The highest BCUT2D eigenvalue weighted by molar-refractivity contribution is 7.09. The highest BCUT2D eigenvalue weighted by atomic mass is 32.1. The van der Waals surface area contributed by atoms with Gasteiger partial charge in [0, 0.05) is 11.9 Å². The summed E-state index contributed by atoms with van der Waals surface area (Å²) >= 11 is 1.65. The SMILES string of the molecule is CCc1csc(C2CCCN2C(=O)OC(C)(C)C)n1. The molecular weight excluding hydrogens is 260 g/mol. The number of nitrogens with zero attached hydrogens (tertiary/aromatic N) is 2. The Balaban J connectivity index is 2.10. The van der Waals surface area contributed by atoms with Gasteiger partial charge in [0.1, 0.15) is 10.6 Å². The average molecular weight is 282 g/mol. The van der Waals surface area contributed by atoms with E-state index in [1.807, 2.05) is 25.7 Å². The third-order valence-corrected chi connectivity index (χ3v) is 4.09. The van der Waals surface area contributed by atoms with Crippen molar-refractivity contribution >= 4 is 17.4 Å². The van der Waals surface area contributed by atoms with Crippen LogP contribution in [0.2, 0.25) is 0 Å². The zero-order chi connectivity index (χ0) is 14.0. The van der Waals surface area contributed by atoms with Crippen molar-refractivity contribution in [1.82, 2.24) is 9.88 Å². The fraction of sp³-hybridized carbons (Fsp3) is 0.714. The molecule has 0 radical (unpaired) electrons. The normalized spacial score (nSPS) is 19.8. The Morgan fingerprint density at radius 1 is 1.58 bits per heavy atom. The van der Waals surface area contributed by atoms with Gasteiger partial charge in [-0.05, 0) is 40.0 Å². The van der Waals surface area contributed by atoms with Crippen LogP contribution in [-0.2, 0) is 11.2 Å². The zero-order valence-electron chi connectivity index (χ0n) is 12.1. The molecule has 0 saturated carbocycles. The van der Waals surface area contributed by atoms with Crippen LogP contribution >= 0.6 is 11.3 Å². The summed E-state index contributed by atoms with van der Waals surface area (Å²) in [6, 6.07) is 0.0974. The number of ether oxygens (including phenoxy) is 1. The van der Waals surface area contributed by atoms with Crippen molar-refractivity contribution in [3.63, 3.8) is 0 Å². The maximum absolute atomic E-state index is 12.2. The van der Waals surface area contributed by atoms with Crippen molar-refractivity contribution in [3.05, 3.63) is 16.1 Å². The minimum Gasteiger partial charge on any atom is -0.444 e. The maximum atomic E-state index is 12.2. The molecule has 1 aliphatic rings. The monoisotopic (exact) mass is 282 g/mol. The van der Waals surface area contributed by atoms with Crippen LogP contribution < -0.4 is 0 Å². The Kier molecular flexibility index (Phi) is 4.13. The molecule has 1 fully saturated rings. The summed E-state index contributed by atoms with van der Waals surface area (Å²) in [5, 5.41) is 3.13. The number of aryl methyl sites for hydroxylation is 1. The number of rotatable bonds is 2. The van der Waals surface area contributed by atoms with Crippen LogP contribution in [0, 0.1) is 0 Å². The third-order valence-electron chi connectivity index (χ3n) is 3.10. The van der Waals surface area contributed by atoms with Crippen LogP contribution in [0.15, 0.2) is 5.38 Å². The standard InChI is InChI=1S/C14H22N2O2S/c1-5-10-9-19-12(15-10)11-7-6-8-16(11)13(17)18-14(2,3)4/h9,11H,5-8H2,1-4H3. The smallest absolute Gasteiger partial charge is 0.410 e. The largest absolute Gasteiger partial charge is 0.444 e. The molecule has 1 amide bonds. The van der Waals surface area contributed by atoms with Crippen LogP contribution in [0.1, 0.15) is 57.3 Å². The van der Waals surface area contributed by atoms with E-state index in [0.29, 0.717) is 0 Å². The molecule has 5 heteroatoms. The summed E-state index contributed by atoms with van der Waals surface area (Å²) in [4.78, 5) is 18.6. The minimum atomic E-state index is -0.443. The fourth-order valence-corrected chi connectivity index (χ4v) is 3.25. The molecule has 1 unspecified atom stereocenters. The van der Waals surface area contributed by atoms with E-state index in [2.05, 4.69) is 17.3 Å². The van der Waals surface area contributed by atoms with Crippen molar-refractivity contribution in [3.8, 4) is 0 Å². The molecule has 1 aromatic heterocycles. The van der Waals surface area contributed by atoms with Gasteiger partial charge in [-0.1, -0.05) is 6.92 Å². The second kappa shape index (κ2) is 5.49. The molecule has 0 N–H and O–H groups in total. The number of carbonyl (C=O) groups is 1. The highest BCUT2D eigenvalue weighted by Gasteiger charge is 2.34. The minimum absolute atomic E-state index is 0.0974. The fourth-order valence-electron chi connectivity index (χ4n) is 2.20. The molecule has 0 bridgehead atoms. The summed E-state index contributed by atoms with van der Waals surface area (Å²) in [5.74, 6) is 0. The molecule has 1 aliphatic heterocycles. The first kappa shape index (κ1) is 14.3. The Bertz CT molecular complexity index is 451. The summed E-state index contributed by atoms with van der Waals surface area (Å²) in [5.41, 5.74) is 0.665. The van der Waals surface area contributed by atoms with Crippen LogP contribution in [0.3, 0.4) is 0 Å². The van der Waals surface area contributed by atoms with Gasteiger partial charge in [0.25, 0.3) is 0 Å². The molecule has 19 heavy (non-hydrogen) atoms. The number of amides is 1. The number of thiazole rings is 1. The van der Waals surface area contributed by atoms with E-state index in [4.69, 9.17) is 4.74 Å². The molecule has 2 heterocycles. The second-order valence-electron chi connectivity index (χ2n) is 5.86. The van der Waals surface area contributed by atoms with E-state index >= 15 is 0 Å². The molecule has 1 aromatic rings. The van der Waals surface area contributed by atoms with Gasteiger partial charge in [-0.25, -0.2) is 9.78 Å². The topological polar surface area (TPSA) is 42.4 Å². The third kappa shape index (κ3) is 3.47. The first-order chi connectivity index (χ1) is 8.90. The van der Waals surface area contributed by atoms with Crippen molar-refractivity contribution < 1.29 is 9.53 Å². The number of aromatic nitrogens is 1. The van der Waals surface area contributed by atoms with Gasteiger partial charge in [0.15, 0.2) is 0 Å². The lowest BCUT2D eigenvalue weighted by Gasteiger charge is -2.27. The number of hydrogen-bond acceptors (Lipinski definition) is 4. The van der Waals surface area contributed by atoms with Gasteiger partial charge in [0.05, 0.1) is 11.7 Å². The number of likely N-dealkylation sites (tertiary alicyclic amines) is 1. The van der Waals surface area contributed by atoms with E-state index in [0.717, 1.165) is 36.5 Å². The van der Waals surface area contributed by atoms with Crippen LogP contribution in [0.4, 0.5) is 4.79 Å². The van der Waals surface area contributed by atoms with E-state index in [-0.39, 0.29) is 12.1 Å². The van der Waals surface area contributed by atoms with Crippen molar-refractivity contribution in [2.75, 3.05) is 6.54 Å². The Labute approximate surface area is 118 Å². The lowest BCUT2D eigenvalue weighted by molar-refractivity contribution is 0.0224. The Hall–Kier alpha value is -1.10. The average Bonchev–Trinajstić information content (AvgIpc) is 2.95. The van der Waals surface area contributed by atoms with Crippen molar-refractivity contribution in [1.29, 1.82) is 0 Å². The maximum Gasteiger partial charge on any atom is 0.410 e. The van der Waals surface area contributed by atoms with Gasteiger partial charge in [-0.2, -0.15) is 0 Å². The molecule has 2 rings (SSSR count). The summed E-state index contributed by atoms with van der Waals surface area (Å²) in [7, 11) is 0. The first-order valence-corrected chi connectivity index (χ1v) is 7.72. The molecule has 0 aromatic carbocycles. The second-order valence-corrected chi connectivity index (χ2v) is 6.75. The van der Waals surface area contributed by atoms with E-state index in [1.165, 1.54) is 0 Å². The molecule has 0 aliphatic carbocycles. The lowest BCUT2D eigenvalue weighted by Crippen LogP contribution is -2.36. The van der Waals surface area contributed by atoms with E-state index in [1.54, 1.807) is 11.3 Å². The van der Waals surface area contributed by atoms with Crippen molar-refractivity contribution in [2.24, 2.45) is 0 Å². The molecule has 0 spiro atoms. The van der Waals surface area contributed by atoms with Crippen LogP contribution in [0.5, 0.6) is 0 Å². The van der Waals surface area contributed by atoms with E-state index < -0.39 is 5.60 Å². The van der Waals surface area contributed by atoms with Gasteiger partial charge < -0.3 is 4.74 Å². The Morgan fingerprint density at radius 2 is 2.32 bits per heavy atom. The Morgan fingerprint density at radius 3 is 2.89 bits per heavy atom. The van der Waals surface area contributed by atoms with Crippen molar-refractivity contribution in [2.45, 2.75) is 58.6 Å². The predicted octanol–water partition coefficient (Wildman–Crippen LogP) is 3.78. The van der Waals surface area contributed by atoms with Crippen LogP contribution in [0.25, 0.3) is 0 Å². The van der Waals surface area contributed by atoms with Gasteiger partial charge in [0.2, 0.25) is 0 Å². The molecular formula is C14H22N2O2S. The van der Waals surface area contributed by atoms with Gasteiger partial charge in [-0.15, -0.1) is 11.3 Å². The summed E-state index contributed by atoms with van der Waals surface area (Å²) in [6.45, 7) is 8.55. The quantitative estimate of drug-likeness (QED) is 0.829. The van der Waals surface area contributed by atoms with Crippen LogP contribution in [-0.4, -0.2) is 28.1 Å². The molecule has 4 nitrogen and oxygen atoms in total. The lowest BCUT2D eigenvalue weighted by atomic mass is 10.2. The van der Waals surface area contributed by atoms with Gasteiger partial charge in [-0.3, -0.25) is 4.90 Å². The zero-order valence-corrected chi connectivity index (χ0v) is 12.9. The predicted molar refractivity (Wildman–Crippen MR) is 76.4 cm³/mol. The van der Waals surface area contributed by atoms with E-state index in [9.17, 15) is 4.79 Å². The number of carbonyl (C=O) groups excluding carboxylic acids is 1. The first-order valence-electron chi connectivity index (χ1n) is 6.84. The summed E-state index contributed by atoms with van der Waals surface area (Å²) in [6.07, 6.45) is 2.72. The molecule has 1 saturated heterocycles. The van der Waals surface area contributed by atoms with Gasteiger partial charge >= 0.3 is 6.09 Å². The summed E-state index contributed by atoms with van der Waals surface area (Å²) < 4.78 is 5.47.